The molecular weight excluding hydrogens is 323 g/mol. The number of nitrogens with zero attached hydrogens (tertiary/aromatic N) is 2. The van der Waals surface area contributed by atoms with Gasteiger partial charge in [-0.15, -0.1) is 0 Å². The summed E-state index contributed by atoms with van der Waals surface area (Å²) in [6.45, 7) is 4.73. The third-order valence-electron chi connectivity index (χ3n) is 3.27. The first-order valence-corrected chi connectivity index (χ1v) is 7.44. The van der Waals surface area contributed by atoms with E-state index in [0.29, 0.717) is 12.8 Å². The minimum Gasteiger partial charge on any atom is -0.392 e. The summed E-state index contributed by atoms with van der Waals surface area (Å²) in [6.07, 6.45) is 0.506. The van der Waals surface area contributed by atoms with Gasteiger partial charge in [0.1, 0.15) is 5.82 Å². The topological polar surface area (TPSA) is 38.0 Å². The van der Waals surface area contributed by atoms with Crippen LogP contribution in [0.2, 0.25) is 0 Å². The predicted molar refractivity (Wildman–Crippen MR) is 80.2 cm³/mol. The van der Waals surface area contributed by atoms with Crippen molar-refractivity contribution in [2.75, 3.05) is 0 Å². The first-order chi connectivity index (χ1) is 9.51. The molecule has 1 atom stereocenters. The highest BCUT2D eigenvalue weighted by atomic mass is 79.9. The maximum absolute atomic E-state index is 12.8. The molecule has 0 spiro atoms. The summed E-state index contributed by atoms with van der Waals surface area (Å²) >= 11 is 3.52. The summed E-state index contributed by atoms with van der Waals surface area (Å²) in [5, 5.41) is 14.6. The second kappa shape index (κ2) is 6.50. The molecule has 108 valence electrons. The van der Waals surface area contributed by atoms with Crippen molar-refractivity contribution in [1.29, 1.82) is 0 Å². The molecule has 0 amide bonds. The summed E-state index contributed by atoms with van der Waals surface area (Å²) < 4.78 is 15.7. The van der Waals surface area contributed by atoms with Crippen molar-refractivity contribution < 1.29 is 9.50 Å². The predicted octanol–water partition coefficient (Wildman–Crippen LogP) is 3.26. The second-order valence-electron chi connectivity index (χ2n) is 4.85. The van der Waals surface area contributed by atoms with E-state index in [-0.39, 0.29) is 5.82 Å². The van der Waals surface area contributed by atoms with Crippen LogP contribution in [-0.2, 0) is 19.4 Å². The molecule has 0 saturated carbocycles. The Labute approximate surface area is 126 Å². The maximum Gasteiger partial charge on any atom is 0.123 e. The maximum atomic E-state index is 12.8. The minimum atomic E-state index is -0.516. The van der Waals surface area contributed by atoms with Gasteiger partial charge in [0.05, 0.1) is 22.0 Å². The van der Waals surface area contributed by atoms with Crippen LogP contribution in [0.15, 0.2) is 28.7 Å². The fraction of sp³-hybridized carbons (Fsp3) is 0.400. The lowest BCUT2D eigenvalue weighted by Gasteiger charge is -2.12. The van der Waals surface area contributed by atoms with E-state index < -0.39 is 6.10 Å². The zero-order valence-electron chi connectivity index (χ0n) is 11.6. The van der Waals surface area contributed by atoms with Gasteiger partial charge in [-0.1, -0.05) is 12.1 Å². The summed E-state index contributed by atoms with van der Waals surface area (Å²) in [7, 11) is 0. The fourth-order valence-corrected chi connectivity index (χ4v) is 2.70. The van der Waals surface area contributed by atoms with Crippen LogP contribution in [0.1, 0.15) is 23.9 Å². The van der Waals surface area contributed by atoms with Gasteiger partial charge in [-0.05, 0) is 53.9 Å². The van der Waals surface area contributed by atoms with E-state index in [4.69, 9.17) is 0 Å². The molecule has 1 N–H and O–H groups in total. The van der Waals surface area contributed by atoms with Gasteiger partial charge in [-0.2, -0.15) is 5.10 Å². The number of hydrogen-bond donors (Lipinski definition) is 1. The average molecular weight is 341 g/mol. The number of rotatable bonds is 5. The fourth-order valence-electron chi connectivity index (χ4n) is 2.25. The van der Waals surface area contributed by atoms with Crippen molar-refractivity contribution >= 4 is 15.9 Å². The molecule has 1 aromatic carbocycles. The molecule has 0 aliphatic heterocycles. The van der Waals surface area contributed by atoms with E-state index in [2.05, 4.69) is 21.0 Å². The largest absolute Gasteiger partial charge is 0.392 e. The van der Waals surface area contributed by atoms with Gasteiger partial charge in [0.15, 0.2) is 0 Å². The number of aliphatic hydroxyl groups excluding tert-OH is 1. The number of aryl methyl sites for hydroxylation is 2. The smallest absolute Gasteiger partial charge is 0.123 e. The highest BCUT2D eigenvalue weighted by Crippen LogP contribution is 2.23. The zero-order valence-corrected chi connectivity index (χ0v) is 13.2. The molecule has 5 heteroatoms. The Hall–Kier alpha value is -1.20. The number of aliphatic hydroxyl groups is 1. The van der Waals surface area contributed by atoms with Gasteiger partial charge >= 0.3 is 0 Å². The number of hydrogen-bond acceptors (Lipinski definition) is 2. The lowest BCUT2D eigenvalue weighted by Crippen LogP contribution is -2.17. The van der Waals surface area contributed by atoms with Gasteiger partial charge in [0.25, 0.3) is 0 Å². The van der Waals surface area contributed by atoms with Crippen LogP contribution in [0.25, 0.3) is 0 Å². The van der Waals surface area contributed by atoms with Crippen molar-refractivity contribution in [2.24, 2.45) is 0 Å². The van der Waals surface area contributed by atoms with Gasteiger partial charge in [-0.3, -0.25) is 4.68 Å². The third-order valence-corrected chi connectivity index (χ3v) is 4.30. The molecule has 0 saturated heterocycles. The lowest BCUT2D eigenvalue weighted by atomic mass is 10.0. The van der Waals surface area contributed by atoms with E-state index in [1.54, 1.807) is 12.1 Å². The van der Waals surface area contributed by atoms with E-state index in [0.717, 1.165) is 28.0 Å². The van der Waals surface area contributed by atoms with Crippen LogP contribution >= 0.6 is 15.9 Å². The number of halogens is 2. The average Bonchev–Trinajstić information content (AvgIpc) is 2.69. The van der Waals surface area contributed by atoms with Crippen molar-refractivity contribution in [2.45, 2.75) is 39.3 Å². The van der Waals surface area contributed by atoms with Crippen molar-refractivity contribution in [3.05, 3.63) is 51.5 Å². The second-order valence-corrected chi connectivity index (χ2v) is 5.64. The van der Waals surface area contributed by atoms with Crippen LogP contribution in [0.4, 0.5) is 4.39 Å². The van der Waals surface area contributed by atoms with Gasteiger partial charge < -0.3 is 5.11 Å². The summed E-state index contributed by atoms with van der Waals surface area (Å²) in [5.41, 5.74) is 2.85. The molecule has 2 rings (SSSR count). The molecule has 1 heterocycles. The Balaban J connectivity index is 2.08. The first-order valence-electron chi connectivity index (χ1n) is 6.65. The van der Waals surface area contributed by atoms with Crippen molar-refractivity contribution in [3.8, 4) is 0 Å². The van der Waals surface area contributed by atoms with Crippen LogP contribution < -0.4 is 0 Å². The monoisotopic (exact) mass is 340 g/mol. The van der Waals surface area contributed by atoms with Gasteiger partial charge in [0, 0.05) is 13.0 Å². The lowest BCUT2D eigenvalue weighted by molar-refractivity contribution is 0.172. The molecular formula is C15H18BrFN2O. The van der Waals surface area contributed by atoms with E-state index in [1.165, 1.54) is 12.1 Å². The summed E-state index contributed by atoms with van der Waals surface area (Å²) in [5.74, 6) is -0.259. The molecule has 0 aliphatic carbocycles. The third kappa shape index (κ3) is 3.46. The molecule has 0 fully saturated rings. The van der Waals surface area contributed by atoms with Crippen LogP contribution in [0.3, 0.4) is 0 Å². The first kappa shape index (κ1) is 15.2. The van der Waals surface area contributed by atoms with Crippen LogP contribution in [0.5, 0.6) is 0 Å². The Bertz CT molecular complexity index is 580. The van der Waals surface area contributed by atoms with Crippen molar-refractivity contribution in [3.63, 3.8) is 0 Å². The molecule has 1 unspecified atom stereocenters. The minimum absolute atomic E-state index is 0.259. The Morgan fingerprint density at radius 1 is 1.30 bits per heavy atom. The van der Waals surface area contributed by atoms with E-state index in [1.807, 2.05) is 18.5 Å². The quantitative estimate of drug-likeness (QED) is 0.907. The molecule has 0 aliphatic rings. The number of benzene rings is 1. The Morgan fingerprint density at radius 2 is 1.95 bits per heavy atom. The van der Waals surface area contributed by atoms with Gasteiger partial charge in [-0.25, -0.2) is 4.39 Å². The molecule has 1 aromatic heterocycles. The van der Waals surface area contributed by atoms with E-state index in [9.17, 15) is 9.50 Å². The Kier molecular flexibility index (Phi) is 4.94. The highest BCUT2D eigenvalue weighted by Gasteiger charge is 2.16. The standard InChI is InChI=1S/C15H18BrFN2O/c1-3-19-14(15(16)10(2)18-19)9-13(20)8-11-4-6-12(17)7-5-11/h4-7,13,20H,3,8-9H2,1-2H3. The van der Waals surface area contributed by atoms with Crippen LogP contribution in [0, 0.1) is 12.7 Å². The van der Waals surface area contributed by atoms with Crippen LogP contribution in [-0.4, -0.2) is 21.0 Å². The summed E-state index contributed by atoms with van der Waals surface area (Å²) in [6, 6.07) is 6.24. The molecule has 3 nitrogen and oxygen atoms in total. The molecule has 0 bridgehead atoms. The Morgan fingerprint density at radius 3 is 2.55 bits per heavy atom. The normalized spacial score (nSPS) is 12.7. The van der Waals surface area contributed by atoms with Gasteiger partial charge in [0.2, 0.25) is 0 Å². The molecule has 0 radical (unpaired) electrons. The van der Waals surface area contributed by atoms with Crippen molar-refractivity contribution in [1.82, 2.24) is 9.78 Å². The zero-order chi connectivity index (χ0) is 14.7. The molecule has 2 aromatic rings. The SMILES string of the molecule is CCn1nc(C)c(Br)c1CC(O)Cc1ccc(F)cc1. The number of aromatic nitrogens is 2. The van der Waals surface area contributed by atoms with E-state index >= 15 is 0 Å². The highest BCUT2D eigenvalue weighted by molar-refractivity contribution is 9.10. The summed E-state index contributed by atoms with van der Waals surface area (Å²) in [4.78, 5) is 0. The molecule has 20 heavy (non-hydrogen) atoms.